The molecule has 54 valence electrons. The summed E-state index contributed by atoms with van der Waals surface area (Å²) in [6.45, 7) is 1.57. The van der Waals surface area contributed by atoms with E-state index in [0.717, 1.165) is 25.3 Å². The average molecular weight is 147 g/mol. The number of β-amino-alcohol motifs (C(OH)–C–C–N with tert-alkyl or cyclic N) is 1. The molecule has 0 spiro atoms. The summed E-state index contributed by atoms with van der Waals surface area (Å²) in [4.78, 5) is 0. The molecule has 1 fully saturated rings. The first-order valence-corrected chi connectivity index (χ1v) is 4.58. The molecule has 0 aromatic carbocycles. The van der Waals surface area contributed by atoms with Crippen LogP contribution in [-0.4, -0.2) is 35.8 Å². The van der Waals surface area contributed by atoms with E-state index in [0.29, 0.717) is 0 Å². The Morgan fingerprint density at radius 1 is 1.67 bits per heavy atom. The minimum Gasteiger partial charge on any atom is -0.387 e. The van der Waals surface area contributed by atoms with Gasteiger partial charge < -0.3 is 10.4 Å². The maximum atomic E-state index is 9.47. The van der Waals surface area contributed by atoms with Crippen molar-refractivity contribution in [2.45, 2.75) is 12.0 Å². The molecule has 0 saturated carbocycles. The van der Waals surface area contributed by atoms with Gasteiger partial charge in [0.2, 0.25) is 0 Å². The Kier molecular flexibility index (Phi) is 2.38. The number of nitrogens with one attached hydrogen (secondary N) is 1. The smallest absolute Gasteiger partial charge is 0.0902 e. The first kappa shape index (κ1) is 7.38. The molecule has 2 N–H and O–H groups in total. The van der Waals surface area contributed by atoms with Crippen LogP contribution in [0.25, 0.3) is 0 Å². The quantitative estimate of drug-likeness (QED) is 0.592. The molecular formula is C6H13NOS. The van der Waals surface area contributed by atoms with Crippen LogP contribution in [0.2, 0.25) is 0 Å². The number of hydrogen-bond donors (Lipinski definition) is 2. The van der Waals surface area contributed by atoms with E-state index in [4.69, 9.17) is 0 Å². The van der Waals surface area contributed by atoms with Gasteiger partial charge in [-0.1, -0.05) is 0 Å². The van der Waals surface area contributed by atoms with Gasteiger partial charge in [-0.25, -0.2) is 0 Å². The van der Waals surface area contributed by atoms with Crippen LogP contribution in [0.3, 0.4) is 0 Å². The van der Waals surface area contributed by atoms with Gasteiger partial charge in [0, 0.05) is 13.1 Å². The van der Waals surface area contributed by atoms with E-state index in [1.54, 1.807) is 11.8 Å². The summed E-state index contributed by atoms with van der Waals surface area (Å²) in [6.07, 6.45) is 3.00. The summed E-state index contributed by atoms with van der Waals surface area (Å²) in [5.41, 5.74) is -0.358. The Hall–Kier alpha value is 0.270. The highest BCUT2D eigenvalue weighted by Crippen LogP contribution is 2.16. The Morgan fingerprint density at radius 3 is 2.67 bits per heavy atom. The standard InChI is InChI=1S/C6H13NOS/c1-9-3-2-6(8)4-7-5-6/h7-8H,2-5H2,1H3. The van der Waals surface area contributed by atoms with Crippen molar-refractivity contribution < 1.29 is 5.11 Å². The van der Waals surface area contributed by atoms with E-state index in [-0.39, 0.29) is 5.60 Å². The zero-order chi connectivity index (χ0) is 6.74. The van der Waals surface area contributed by atoms with Crippen molar-refractivity contribution in [1.29, 1.82) is 0 Å². The van der Waals surface area contributed by atoms with E-state index in [1.807, 2.05) is 0 Å². The van der Waals surface area contributed by atoms with Gasteiger partial charge in [0.15, 0.2) is 0 Å². The Morgan fingerprint density at radius 2 is 2.33 bits per heavy atom. The third-order valence-electron chi connectivity index (χ3n) is 1.68. The van der Waals surface area contributed by atoms with Crippen LogP contribution in [0, 0.1) is 0 Å². The highest BCUT2D eigenvalue weighted by molar-refractivity contribution is 7.98. The van der Waals surface area contributed by atoms with Gasteiger partial charge in [-0.2, -0.15) is 11.8 Å². The predicted molar refractivity (Wildman–Crippen MR) is 40.8 cm³/mol. The SMILES string of the molecule is CSCCC1(O)CNC1. The van der Waals surface area contributed by atoms with E-state index in [9.17, 15) is 5.11 Å². The van der Waals surface area contributed by atoms with Gasteiger partial charge in [0.25, 0.3) is 0 Å². The van der Waals surface area contributed by atoms with Crippen molar-refractivity contribution in [2.75, 3.05) is 25.1 Å². The number of thioether (sulfide) groups is 1. The largest absolute Gasteiger partial charge is 0.387 e. The molecular weight excluding hydrogens is 134 g/mol. The van der Waals surface area contributed by atoms with Gasteiger partial charge in [0.1, 0.15) is 0 Å². The molecule has 1 rings (SSSR count). The van der Waals surface area contributed by atoms with Crippen molar-refractivity contribution in [1.82, 2.24) is 5.32 Å². The van der Waals surface area contributed by atoms with Crippen LogP contribution >= 0.6 is 11.8 Å². The molecule has 3 heteroatoms. The fraction of sp³-hybridized carbons (Fsp3) is 1.00. The lowest BCUT2D eigenvalue weighted by Gasteiger charge is -2.37. The monoisotopic (exact) mass is 147 g/mol. The maximum absolute atomic E-state index is 9.47. The molecule has 0 amide bonds. The normalized spacial score (nSPS) is 23.3. The highest BCUT2D eigenvalue weighted by Gasteiger charge is 2.32. The van der Waals surface area contributed by atoms with Crippen LogP contribution in [0.4, 0.5) is 0 Å². The zero-order valence-electron chi connectivity index (χ0n) is 5.68. The number of rotatable bonds is 3. The molecule has 1 aliphatic heterocycles. The number of aliphatic hydroxyl groups is 1. The molecule has 0 aliphatic carbocycles. The topological polar surface area (TPSA) is 32.3 Å². The molecule has 1 aliphatic rings. The fourth-order valence-electron chi connectivity index (χ4n) is 0.882. The predicted octanol–water partition coefficient (Wildman–Crippen LogP) is 0.0738. The second-order valence-corrected chi connectivity index (χ2v) is 3.56. The zero-order valence-corrected chi connectivity index (χ0v) is 6.50. The lowest BCUT2D eigenvalue weighted by Crippen LogP contribution is -2.59. The molecule has 1 heterocycles. The maximum Gasteiger partial charge on any atom is 0.0902 e. The molecule has 9 heavy (non-hydrogen) atoms. The Balaban J connectivity index is 2.09. The Bertz CT molecular complexity index is 93.1. The number of hydrogen-bond acceptors (Lipinski definition) is 3. The highest BCUT2D eigenvalue weighted by atomic mass is 32.2. The van der Waals surface area contributed by atoms with Crippen molar-refractivity contribution >= 4 is 11.8 Å². The second kappa shape index (κ2) is 2.90. The fourth-order valence-corrected chi connectivity index (χ4v) is 1.47. The summed E-state index contributed by atoms with van der Waals surface area (Å²) < 4.78 is 0. The lowest BCUT2D eigenvalue weighted by molar-refractivity contribution is -0.0117. The molecule has 0 unspecified atom stereocenters. The van der Waals surface area contributed by atoms with Crippen molar-refractivity contribution in [2.24, 2.45) is 0 Å². The summed E-state index contributed by atoms with van der Waals surface area (Å²) in [5.74, 6) is 1.07. The first-order chi connectivity index (χ1) is 4.27. The van der Waals surface area contributed by atoms with Crippen LogP contribution < -0.4 is 5.32 Å². The molecule has 0 bridgehead atoms. The molecule has 0 atom stereocenters. The summed E-state index contributed by atoms with van der Waals surface area (Å²) >= 11 is 1.79. The van der Waals surface area contributed by atoms with Gasteiger partial charge in [-0.3, -0.25) is 0 Å². The van der Waals surface area contributed by atoms with Crippen LogP contribution in [0.1, 0.15) is 6.42 Å². The molecule has 0 aromatic rings. The second-order valence-electron chi connectivity index (χ2n) is 2.57. The van der Waals surface area contributed by atoms with Crippen molar-refractivity contribution in [3.8, 4) is 0 Å². The summed E-state index contributed by atoms with van der Waals surface area (Å²) in [5, 5.41) is 12.5. The summed E-state index contributed by atoms with van der Waals surface area (Å²) in [7, 11) is 0. The van der Waals surface area contributed by atoms with E-state index in [2.05, 4.69) is 11.6 Å². The first-order valence-electron chi connectivity index (χ1n) is 3.19. The average Bonchev–Trinajstić information content (AvgIpc) is 1.79. The van der Waals surface area contributed by atoms with Crippen LogP contribution in [0.5, 0.6) is 0 Å². The summed E-state index contributed by atoms with van der Waals surface area (Å²) in [6, 6.07) is 0. The molecule has 0 radical (unpaired) electrons. The minimum atomic E-state index is -0.358. The van der Waals surface area contributed by atoms with Gasteiger partial charge in [-0.15, -0.1) is 0 Å². The molecule has 0 aromatic heterocycles. The molecule has 2 nitrogen and oxygen atoms in total. The van der Waals surface area contributed by atoms with Gasteiger partial charge in [0.05, 0.1) is 5.60 Å². The third-order valence-corrected chi connectivity index (χ3v) is 2.29. The van der Waals surface area contributed by atoms with Crippen molar-refractivity contribution in [3.63, 3.8) is 0 Å². The third kappa shape index (κ3) is 1.85. The minimum absolute atomic E-state index is 0.358. The van der Waals surface area contributed by atoms with Crippen molar-refractivity contribution in [3.05, 3.63) is 0 Å². The molecule has 1 saturated heterocycles. The van der Waals surface area contributed by atoms with E-state index < -0.39 is 0 Å². The van der Waals surface area contributed by atoms with Gasteiger partial charge >= 0.3 is 0 Å². The van der Waals surface area contributed by atoms with Gasteiger partial charge in [-0.05, 0) is 18.4 Å². The lowest BCUT2D eigenvalue weighted by atomic mass is 9.94. The van der Waals surface area contributed by atoms with E-state index in [1.165, 1.54) is 0 Å². The van der Waals surface area contributed by atoms with E-state index >= 15 is 0 Å². The Labute approximate surface area is 60.0 Å². The van der Waals surface area contributed by atoms with Crippen LogP contribution in [0.15, 0.2) is 0 Å². The van der Waals surface area contributed by atoms with Crippen LogP contribution in [-0.2, 0) is 0 Å².